The van der Waals surface area contributed by atoms with Crippen LogP contribution in [-0.4, -0.2) is 45.1 Å². The predicted octanol–water partition coefficient (Wildman–Crippen LogP) is 23.8. The second kappa shape index (κ2) is 38.4. The zero-order chi connectivity index (χ0) is 62.3. The van der Waals surface area contributed by atoms with Gasteiger partial charge in [0.2, 0.25) is 0 Å². The van der Waals surface area contributed by atoms with E-state index in [9.17, 15) is 0 Å². The number of fused-ring (bicyclic) bond motifs is 1. The molecule has 10 rings (SSSR count). The van der Waals surface area contributed by atoms with E-state index in [1.807, 2.05) is 90.0 Å². The van der Waals surface area contributed by atoms with Crippen LogP contribution in [0.4, 0.5) is 0 Å². The molecule has 0 aliphatic heterocycles. The molecule has 0 fully saturated rings. The van der Waals surface area contributed by atoms with Crippen molar-refractivity contribution in [3.8, 4) is 65.7 Å². The smallest absolute Gasteiger partial charge is 0.199 e. The molecule has 0 bridgehead atoms. The molecule has 474 valence electrons. The number of aromatic nitrogens is 9. The standard InChI is InChI=1S/C28H35N3S.C25H34N2S.C24H34N4S/c1-3-5-7-9-13-21-19-23(14-10-8-6-4-2)32-27(21)22-17-18-29-26(20-22)28-30-24-15-11-12-16-25(24)31-28;1-3-5-7-9-12-20-18-22(13-10-8-6-4-2)28-25(20)21-15-17-27-24(19-21)23-14-11-16-26-23;1-4-6-8-10-12-19-16-21(13-11-9-7-5-2)29-23(19)20-14-15-25-22(17-20)24-26-18(3)27-28-24/h11-12,15-20H,3-10,13-14H2,1-2H3,(H,30,31);11,14-19,26H,3-10,12-13H2,1-2H3;14-17H,4-13H2,1-3H3,(H,26,27,28). The number of H-pyrrole nitrogens is 3. The number of aromatic amines is 3. The first kappa shape index (κ1) is 68.6. The summed E-state index contributed by atoms with van der Waals surface area (Å²) >= 11 is 5.95. The van der Waals surface area contributed by atoms with Gasteiger partial charge in [0.1, 0.15) is 17.2 Å². The molecule has 12 heteroatoms. The topological polar surface area (TPSA) is 125 Å². The van der Waals surface area contributed by atoms with Crippen molar-refractivity contribution in [2.45, 2.75) is 241 Å². The van der Waals surface area contributed by atoms with Gasteiger partial charge >= 0.3 is 0 Å². The summed E-state index contributed by atoms with van der Waals surface area (Å²) in [6.07, 6.45) is 46.4. The van der Waals surface area contributed by atoms with Crippen LogP contribution in [0.5, 0.6) is 0 Å². The van der Waals surface area contributed by atoms with Gasteiger partial charge in [-0.3, -0.25) is 20.1 Å². The Hall–Kier alpha value is -6.34. The first-order valence-electron chi connectivity index (χ1n) is 34.5. The van der Waals surface area contributed by atoms with E-state index in [1.54, 1.807) is 4.88 Å². The van der Waals surface area contributed by atoms with E-state index < -0.39 is 0 Å². The predicted molar refractivity (Wildman–Crippen MR) is 385 cm³/mol. The molecular weight excluding hydrogens is 1150 g/mol. The summed E-state index contributed by atoms with van der Waals surface area (Å²) in [5.74, 6) is 2.33. The minimum absolute atomic E-state index is 0.671. The Kier molecular flexibility index (Phi) is 29.6. The third-order valence-corrected chi connectivity index (χ3v) is 20.6. The fourth-order valence-electron chi connectivity index (χ4n) is 11.7. The normalized spacial score (nSPS) is 11.3. The lowest BCUT2D eigenvalue weighted by Crippen LogP contribution is -1.90. The maximum Gasteiger partial charge on any atom is 0.199 e. The van der Waals surface area contributed by atoms with Crippen molar-refractivity contribution in [1.82, 2.24) is 45.1 Å². The molecule has 9 heterocycles. The van der Waals surface area contributed by atoms with Gasteiger partial charge in [-0.2, -0.15) is 5.10 Å². The van der Waals surface area contributed by atoms with Crippen LogP contribution >= 0.6 is 34.0 Å². The largest absolute Gasteiger partial charge is 0.360 e. The highest BCUT2D eigenvalue weighted by atomic mass is 32.1. The SMILES string of the molecule is CCCCCCc1cc(CCCCCC)c(-c2ccnc(-c3ccc[nH]3)c2)s1.CCCCCCc1cc(CCCCCC)c(-c2ccnc(-c3n[nH]c(C)n3)c2)s1.CCCCCCc1cc(CCCCCC)c(-c2ccnc(-c3nc4ccccc4[nH]3)c2)s1. The Balaban J connectivity index is 0.000000173. The molecule has 0 amide bonds. The van der Waals surface area contributed by atoms with E-state index in [2.05, 4.69) is 148 Å². The summed E-state index contributed by atoms with van der Waals surface area (Å²) in [6.45, 7) is 15.6. The number of rotatable bonds is 36. The molecule has 1 aromatic carbocycles. The highest BCUT2D eigenvalue weighted by Crippen LogP contribution is 2.39. The number of pyridine rings is 3. The van der Waals surface area contributed by atoms with Crippen LogP contribution in [0.1, 0.15) is 233 Å². The van der Waals surface area contributed by atoms with Gasteiger partial charge in [-0.1, -0.05) is 169 Å². The number of thiophene rings is 3. The van der Waals surface area contributed by atoms with E-state index >= 15 is 0 Å². The Morgan fingerprint density at radius 3 is 1.22 bits per heavy atom. The fourth-order valence-corrected chi connectivity index (χ4v) is 15.4. The summed E-state index contributed by atoms with van der Waals surface area (Å²) in [4.78, 5) is 38.5. The molecule has 0 saturated carbocycles. The van der Waals surface area contributed by atoms with Crippen LogP contribution < -0.4 is 0 Å². The molecule has 3 N–H and O–H groups in total. The van der Waals surface area contributed by atoms with Gasteiger partial charge in [0, 0.05) is 54.1 Å². The van der Waals surface area contributed by atoms with Crippen molar-refractivity contribution < 1.29 is 0 Å². The average molecular weight is 1250 g/mol. The van der Waals surface area contributed by atoms with Crippen LogP contribution in [0.3, 0.4) is 0 Å². The van der Waals surface area contributed by atoms with E-state index in [4.69, 9.17) is 4.98 Å². The summed E-state index contributed by atoms with van der Waals surface area (Å²) in [7, 11) is 0. The summed E-state index contributed by atoms with van der Waals surface area (Å²) in [5.41, 5.74) is 14.3. The van der Waals surface area contributed by atoms with Crippen LogP contribution in [0.2, 0.25) is 0 Å². The quantitative estimate of drug-likeness (QED) is 0.0336. The Labute approximate surface area is 546 Å². The maximum atomic E-state index is 4.76. The summed E-state index contributed by atoms with van der Waals surface area (Å²) in [6, 6.07) is 32.8. The van der Waals surface area contributed by atoms with Crippen LogP contribution in [0.25, 0.3) is 76.8 Å². The molecule has 0 radical (unpaired) electrons. The van der Waals surface area contributed by atoms with Crippen LogP contribution in [0.15, 0.2) is 116 Å². The van der Waals surface area contributed by atoms with E-state index in [-0.39, 0.29) is 0 Å². The molecule has 0 atom stereocenters. The summed E-state index contributed by atoms with van der Waals surface area (Å²) in [5, 5.41) is 7.20. The number of hydrogen-bond donors (Lipinski definition) is 3. The lowest BCUT2D eigenvalue weighted by atomic mass is 10.0. The molecule has 10 aromatic rings. The third kappa shape index (κ3) is 21.7. The number of nitrogens with one attached hydrogen (secondary N) is 3. The Morgan fingerprint density at radius 2 is 0.809 bits per heavy atom. The number of para-hydroxylation sites is 2. The van der Waals surface area contributed by atoms with Gasteiger partial charge in [-0.15, -0.1) is 34.0 Å². The molecule has 0 unspecified atom stereocenters. The van der Waals surface area contributed by atoms with Gasteiger partial charge in [-0.25, -0.2) is 9.97 Å². The number of hydrogen-bond acceptors (Lipinski definition) is 9. The summed E-state index contributed by atoms with van der Waals surface area (Å²) < 4.78 is 0. The monoisotopic (exact) mass is 1250 g/mol. The minimum atomic E-state index is 0.671. The van der Waals surface area contributed by atoms with Crippen LogP contribution in [0, 0.1) is 6.92 Å². The first-order chi connectivity index (χ1) is 43.8. The lowest BCUT2D eigenvalue weighted by molar-refractivity contribution is 0.665. The molecule has 0 aliphatic rings. The zero-order valence-electron chi connectivity index (χ0n) is 55.1. The van der Waals surface area contributed by atoms with Crippen molar-refractivity contribution in [2.24, 2.45) is 0 Å². The molecule has 0 spiro atoms. The van der Waals surface area contributed by atoms with Crippen molar-refractivity contribution in [1.29, 1.82) is 0 Å². The molecule has 9 nitrogen and oxygen atoms in total. The lowest BCUT2D eigenvalue weighted by Gasteiger charge is -2.06. The number of unbranched alkanes of at least 4 members (excludes halogenated alkanes) is 18. The number of nitrogens with zero attached hydrogens (tertiary/aromatic N) is 6. The molecule has 0 aliphatic carbocycles. The highest BCUT2D eigenvalue weighted by molar-refractivity contribution is 7.16. The number of aryl methyl sites for hydroxylation is 7. The van der Waals surface area contributed by atoms with E-state index in [0.717, 1.165) is 51.9 Å². The molecule has 9 aromatic heterocycles. The fraction of sp³-hybridized carbons (Fsp3) is 0.481. The highest BCUT2D eigenvalue weighted by Gasteiger charge is 2.18. The van der Waals surface area contributed by atoms with Crippen molar-refractivity contribution in [3.63, 3.8) is 0 Å². The van der Waals surface area contributed by atoms with Gasteiger partial charge in [0.15, 0.2) is 11.6 Å². The minimum Gasteiger partial charge on any atom is -0.360 e. The van der Waals surface area contributed by atoms with Gasteiger partial charge in [0.25, 0.3) is 0 Å². The number of benzene rings is 1. The van der Waals surface area contributed by atoms with E-state index in [0.29, 0.717) is 5.82 Å². The number of imidazole rings is 1. The van der Waals surface area contributed by atoms with Crippen molar-refractivity contribution in [2.75, 3.05) is 0 Å². The zero-order valence-corrected chi connectivity index (χ0v) is 57.5. The molecule has 0 saturated heterocycles. The third-order valence-electron chi connectivity index (χ3n) is 16.7. The van der Waals surface area contributed by atoms with Gasteiger partial charge < -0.3 is 9.97 Å². The van der Waals surface area contributed by atoms with Crippen molar-refractivity contribution >= 4 is 45.0 Å². The second-order valence-corrected chi connectivity index (χ2v) is 27.7. The van der Waals surface area contributed by atoms with E-state index in [1.165, 1.54) is 244 Å². The Morgan fingerprint density at radius 1 is 0.393 bits per heavy atom. The Bertz CT molecular complexity index is 3520. The maximum absolute atomic E-state index is 4.76. The first-order valence-corrected chi connectivity index (χ1v) is 37.0. The second-order valence-electron chi connectivity index (χ2n) is 24.3. The van der Waals surface area contributed by atoms with Gasteiger partial charge in [0.05, 0.1) is 22.4 Å². The van der Waals surface area contributed by atoms with Crippen LogP contribution in [-0.2, 0) is 38.5 Å². The average Bonchev–Trinajstić information content (AvgIpc) is 2.44. The van der Waals surface area contributed by atoms with Crippen molar-refractivity contribution in [3.05, 3.63) is 153 Å². The molecular formula is C77H103N9S3. The van der Waals surface area contributed by atoms with Gasteiger partial charge in [-0.05, 0) is 196 Å². The molecule has 89 heavy (non-hydrogen) atoms.